The van der Waals surface area contributed by atoms with Crippen molar-refractivity contribution in [3.63, 3.8) is 0 Å². The molecule has 1 rings (SSSR count). The van der Waals surface area contributed by atoms with Gasteiger partial charge in [-0.1, -0.05) is 29.8 Å². The van der Waals surface area contributed by atoms with Gasteiger partial charge in [0, 0.05) is 10.5 Å². The summed E-state index contributed by atoms with van der Waals surface area (Å²) in [4.78, 5) is 0. The van der Waals surface area contributed by atoms with Crippen molar-refractivity contribution in [2.24, 2.45) is 0 Å². The molecule has 3 heteroatoms. The minimum atomic E-state index is 0.526. The van der Waals surface area contributed by atoms with Crippen LogP contribution in [0.25, 0.3) is 0 Å². The Balaban J connectivity index is 2.73. The van der Waals surface area contributed by atoms with Crippen LogP contribution in [-0.4, -0.2) is 19.7 Å². The van der Waals surface area contributed by atoms with Crippen LogP contribution in [0.5, 0.6) is 5.75 Å². The van der Waals surface area contributed by atoms with Crippen LogP contribution in [0.3, 0.4) is 0 Å². The predicted octanol–water partition coefficient (Wildman–Crippen LogP) is 3.78. The second kappa shape index (κ2) is 7.72. The topological polar surface area (TPSA) is 21.3 Å². The van der Waals surface area contributed by atoms with E-state index in [0.717, 1.165) is 29.6 Å². The zero-order valence-corrected chi connectivity index (χ0v) is 12.5. The molecular formula is C14H22BrNO. The second-order valence-electron chi connectivity index (χ2n) is 4.22. The first-order valence-corrected chi connectivity index (χ1v) is 7.06. The van der Waals surface area contributed by atoms with Crippen molar-refractivity contribution >= 4 is 15.9 Å². The molecule has 0 aliphatic rings. The molecule has 0 aromatic heterocycles. The first kappa shape index (κ1) is 14.5. The molecule has 1 atom stereocenters. The Morgan fingerprint density at radius 2 is 2.12 bits per heavy atom. The van der Waals surface area contributed by atoms with Crippen LogP contribution < -0.4 is 10.1 Å². The SMILES string of the molecule is CCCNC(CC)Cc1cc(Br)ccc1OC. The summed E-state index contributed by atoms with van der Waals surface area (Å²) in [6, 6.07) is 6.71. The van der Waals surface area contributed by atoms with E-state index in [0.29, 0.717) is 6.04 Å². The summed E-state index contributed by atoms with van der Waals surface area (Å²) >= 11 is 3.51. The highest BCUT2D eigenvalue weighted by atomic mass is 79.9. The van der Waals surface area contributed by atoms with Crippen LogP contribution in [0.1, 0.15) is 32.3 Å². The molecule has 2 nitrogen and oxygen atoms in total. The van der Waals surface area contributed by atoms with Crippen LogP contribution in [0.15, 0.2) is 22.7 Å². The summed E-state index contributed by atoms with van der Waals surface area (Å²) in [5.74, 6) is 0.977. The van der Waals surface area contributed by atoms with Crippen LogP contribution >= 0.6 is 15.9 Å². The van der Waals surface area contributed by atoms with Crippen LogP contribution in [0.2, 0.25) is 0 Å². The minimum Gasteiger partial charge on any atom is -0.496 e. The van der Waals surface area contributed by atoms with E-state index in [9.17, 15) is 0 Å². The van der Waals surface area contributed by atoms with Crippen molar-refractivity contribution in [3.8, 4) is 5.75 Å². The number of ether oxygens (including phenoxy) is 1. The average Bonchev–Trinajstić information content (AvgIpc) is 2.34. The fourth-order valence-electron chi connectivity index (χ4n) is 1.88. The largest absolute Gasteiger partial charge is 0.496 e. The van der Waals surface area contributed by atoms with Crippen LogP contribution in [0, 0.1) is 0 Å². The maximum Gasteiger partial charge on any atom is 0.122 e. The van der Waals surface area contributed by atoms with Crippen molar-refractivity contribution in [1.29, 1.82) is 0 Å². The molecule has 1 N–H and O–H groups in total. The van der Waals surface area contributed by atoms with E-state index < -0.39 is 0 Å². The molecular weight excluding hydrogens is 278 g/mol. The monoisotopic (exact) mass is 299 g/mol. The molecule has 17 heavy (non-hydrogen) atoms. The molecule has 0 heterocycles. The van der Waals surface area contributed by atoms with Gasteiger partial charge in [-0.15, -0.1) is 0 Å². The van der Waals surface area contributed by atoms with E-state index in [1.54, 1.807) is 7.11 Å². The van der Waals surface area contributed by atoms with Gasteiger partial charge < -0.3 is 10.1 Å². The summed E-state index contributed by atoms with van der Waals surface area (Å²) in [7, 11) is 1.73. The van der Waals surface area contributed by atoms with Crippen molar-refractivity contribution in [2.45, 2.75) is 39.2 Å². The number of methoxy groups -OCH3 is 1. The molecule has 1 unspecified atom stereocenters. The maximum absolute atomic E-state index is 5.40. The molecule has 1 aromatic rings. The highest BCUT2D eigenvalue weighted by Gasteiger charge is 2.10. The van der Waals surface area contributed by atoms with Crippen molar-refractivity contribution < 1.29 is 4.74 Å². The lowest BCUT2D eigenvalue weighted by Crippen LogP contribution is -2.31. The lowest BCUT2D eigenvalue weighted by atomic mass is 10.0. The lowest BCUT2D eigenvalue weighted by Gasteiger charge is -2.18. The van der Waals surface area contributed by atoms with Gasteiger partial charge in [-0.3, -0.25) is 0 Å². The molecule has 0 aliphatic carbocycles. The van der Waals surface area contributed by atoms with Gasteiger partial charge in [-0.25, -0.2) is 0 Å². The molecule has 1 aromatic carbocycles. The fraction of sp³-hybridized carbons (Fsp3) is 0.571. The van der Waals surface area contributed by atoms with Gasteiger partial charge >= 0.3 is 0 Å². The second-order valence-corrected chi connectivity index (χ2v) is 5.14. The number of benzene rings is 1. The van der Waals surface area contributed by atoms with Gasteiger partial charge in [-0.05, 0) is 49.6 Å². The van der Waals surface area contributed by atoms with Crippen LogP contribution in [-0.2, 0) is 6.42 Å². The van der Waals surface area contributed by atoms with E-state index in [4.69, 9.17) is 4.74 Å². The van der Waals surface area contributed by atoms with E-state index in [1.807, 2.05) is 12.1 Å². The Hall–Kier alpha value is -0.540. The minimum absolute atomic E-state index is 0.526. The first-order chi connectivity index (χ1) is 8.21. The predicted molar refractivity (Wildman–Crippen MR) is 76.8 cm³/mol. The van der Waals surface area contributed by atoms with Crippen LogP contribution in [0.4, 0.5) is 0 Å². The molecule has 0 bridgehead atoms. The molecule has 0 saturated carbocycles. The molecule has 0 saturated heterocycles. The third-order valence-corrected chi connectivity index (χ3v) is 3.38. The van der Waals surface area contributed by atoms with E-state index >= 15 is 0 Å². The van der Waals surface area contributed by atoms with E-state index in [1.165, 1.54) is 12.0 Å². The quantitative estimate of drug-likeness (QED) is 0.827. The van der Waals surface area contributed by atoms with Gasteiger partial charge in [0.25, 0.3) is 0 Å². The van der Waals surface area contributed by atoms with Gasteiger partial charge in [-0.2, -0.15) is 0 Å². The Morgan fingerprint density at radius 3 is 2.71 bits per heavy atom. The van der Waals surface area contributed by atoms with E-state index in [2.05, 4.69) is 41.2 Å². The molecule has 96 valence electrons. The fourth-order valence-corrected chi connectivity index (χ4v) is 2.29. The van der Waals surface area contributed by atoms with Crippen molar-refractivity contribution in [2.75, 3.05) is 13.7 Å². The highest BCUT2D eigenvalue weighted by Crippen LogP contribution is 2.24. The molecule has 0 amide bonds. The smallest absolute Gasteiger partial charge is 0.122 e. The zero-order chi connectivity index (χ0) is 12.7. The lowest BCUT2D eigenvalue weighted by molar-refractivity contribution is 0.403. The number of hydrogen-bond donors (Lipinski definition) is 1. The molecule has 0 spiro atoms. The molecule has 0 aliphatic heterocycles. The summed E-state index contributed by atoms with van der Waals surface area (Å²) in [5, 5.41) is 3.57. The number of halogens is 1. The molecule has 0 radical (unpaired) electrons. The number of nitrogens with one attached hydrogen (secondary N) is 1. The van der Waals surface area contributed by atoms with Crippen molar-refractivity contribution in [1.82, 2.24) is 5.32 Å². The third kappa shape index (κ3) is 4.68. The van der Waals surface area contributed by atoms with Crippen molar-refractivity contribution in [3.05, 3.63) is 28.2 Å². The summed E-state index contributed by atoms with van der Waals surface area (Å²) in [6.07, 6.45) is 3.32. The number of rotatable bonds is 7. The van der Waals surface area contributed by atoms with Gasteiger partial charge in [0.2, 0.25) is 0 Å². The third-order valence-electron chi connectivity index (χ3n) is 2.88. The zero-order valence-electron chi connectivity index (χ0n) is 10.9. The van der Waals surface area contributed by atoms with Gasteiger partial charge in [0.1, 0.15) is 5.75 Å². The first-order valence-electron chi connectivity index (χ1n) is 6.27. The average molecular weight is 300 g/mol. The normalized spacial score (nSPS) is 12.5. The van der Waals surface area contributed by atoms with E-state index in [-0.39, 0.29) is 0 Å². The Morgan fingerprint density at radius 1 is 1.35 bits per heavy atom. The Labute approximate surface area is 113 Å². The summed E-state index contributed by atoms with van der Waals surface area (Å²) in [5.41, 5.74) is 1.26. The number of hydrogen-bond acceptors (Lipinski definition) is 2. The summed E-state index contributed by atoms with van der Waals surface area (Å²) < 4.78 is 6.51. The Bertz CT molecular complexity index is 341. The highest BCUT2D eigenvalue weighted by molar-refractivity contribution is 9.10. The molecule has 0 fully saturated rings. The van der Waals surface area contributed by atoms with Gasteiger partial charge in [0.05, 0.1) is 7.11 Å². The maximum atomic E-state index is 5.40. The summed E-state index contributed by atoms with van der Waals surface area (Å²) in [6.45, 7) is 5.49. The van der Waals surface area contributed by atoms with Gasteiger partial charge in [0.15, 0.2) is 0 Å². The standard InChI is InChI=1S/C14H22BrNO/c1-4-8-16-13(5-2)10-11-9-12(15)6-7-14(11)17-3/h6-7,9,13,16H,4-5,8,10H2,1-3H3. The Kier molecular flexibility index (Phi) is 6.60.